The Labute approximate surface area is 373 Å². The maximum Gasteiger partial charge on any atom is 0.306 e. The largest absolute Gasteiger partial charge is 0.462 e. The summed E-state index contributed by atoms with van der Waals surface area (Å²) in [4.78, 5) is 25.4. The molecule has 0 bridgehead atoms. The number of carbonyl (C=O) groups is 2. The van der Waals surface area contributed by atoms with Gasteiger partial charge in [-0.3, -0.25) is 14.1 Å². The summed E-state index contributed by atoms with van der Waals surface area (Å²) < 4.78 is 54.0. The zero-order valence-electron chi connectivity index (χ0n) is 37.4. The van der Waals surface area contributed by atoms with Crippen LogP contribution in [0, 0.1) is 0 Å². The second-order valence-electron chi connectivity index (χ2n) is 15.3. The molecule has 0 aromatic carbocycles. The summed E-state index contributed by atoms with van der Waals surface area (Å²) in [6.45, 7) is 3.47. The number of carbonyl (C=O) groups excluding carboxylic acids is 2. The number of aliphatic hydroxyl groups excluding tert-OH is 3. The first-order chi connectivity index (χ1) is 30.0. The molecule has 1 heterocycles. The predicted octanol–water partition coefficient (Wildman–Crippen LogP) is 9.44. The van der Waals surface area contributed by atoms with Gasteiger partial charge in [0.15, 0.2) is 12.4 Å². The lowest BCUT2D eigenvalue weighted by molar-refractivity contribution is -0.297. The van der Waals surface area contributed by atoms with Crippen LogP contribution in [0.3, 0.4) is 0 Å². The normalized spacial score (nSPS) is 20.8. The molecular formula is C49H78O12S. The van der Waals surface area contributed by atoms with Crippen LogP contribution in [0.5, 0.6) is 0 Å². The molecule has 0 radical (unpaired) electrons. The van der Waals surface area contributed by atoms with Crippen LogP contribution >= 0.6 is 0 Å². The van der Waals surface area contributed by atoms with Gasteiger partial charge in [-0.2, -0.15) is 8.42 Å². The van der Waals surface area contributed by atoms with Crippen molar-refractivity contribution in [3.63, 3.8) is 0 Å². The quantitative estimate of drug-likeness (QED) is 0.0202. The molecule has 4 N–H and O–H groups in total. The van der Waals surface area contributed by atoms with E-state index in [2.05, 4.69) is 111 Å². The van der Waals surface area contributed by atoms with Crippen molar-refractivity contribution in [2.24, 2.45) is 0 Å². The smallest absolute Gasteiger partial charge is 0.306 e. The summed E-state index contributed by atoms with van der Waals surface area (Å²) >= 11 is 0. The number of ether oxygens (including phenoxy) is 4. The standard InChI is InChI=1S/C49H78O12S/c1-3-5-7-9-11-13-15-17-19-21-23-25-27-29-31-33-35-37-44(50)58-39-42(40-59-49-48(54)47(53)46(52)43(61-49)41-62(55,56)57)60-45(51)38-36-34-32-30-28-26-24-22-20-18-16-14-12-10-8-6-4-2/h5-8,11-14,17-20,23-26,42-43,46-49,52-54H,3-4,9-10,15-16,21-22,27-41H2,1-2H3,(H,55,56,57)/b7-5-,8-6-,13-11-,14-12-,19-17-,20-18-,25-23-,26-24-. The van der Waals surface area contributed by atoms with E-state index in [0.29, 0.717) is 12.8 Å². The number of rotatable bonds is 36. The van der Waals surface area contributed by atoms with Gasteiger partial charge in [0, 0.05) is 12.8 Å². The Bertz CT molecular complexity index is 1510. The number of esters is 2. The van der Waals surface area contributed by atoms with Crippen molar-refractivity contribution in [1.29, 1.82) is 0 Å². The molecule has 0 aliphatic carbocycles. The minimum atomic E-state index is -4.62. The first kappa shape index (κ1) is 56.6. The molecule has 1 rings (SSSR count). The Morgan fingerprint density at radius 1 is 0.548 bits per heavy atom. The van der Waals surface area contributed by atoms with Gasteiger partial charge in [-0.15, -0.1) is 0 Å². The second kappa shape index (κ2) is 38.1. The molecule has 1 aliphatic rings. The minimum Gasteiger partial charge on any atom is -0.462 e. The first-order valence-electron chi connectivity index (χ1n) is 22.8. The molecular weight excluding hydrogens is 813 g/mol. The van der Waals surface area contributed by atoms with Gasteiger partial charge >= 0.3 is 11.9 Å². The zero-order chi connectivity index (χ0) is 45.5. The summed E-state index contributed by atoms with van der Waals surface area (Å²) in [7, 11) is -4.62. The molecule has 13 heteroatoms. The van der Waals surface area contributed by atoms with E-state index in [1.165, 1.54) is 0 Å². The van der Waals surface area contributed by atoms with Crippen LogP contribution in [0.25, 0.3) is 0 Å². The van der Waals surface area contributed by atoms with Gasteiger partial charge in [-0.25, -0.2) is 0 Å². The Morgan fingerprint density at radius 2 is 0.968 bits per heavy atom. The van der Waals surface area contributed by atoms with E-state index < -0.39 is 71.2 Å². The van der Waals surface area contributed by atoms with Gasteiger partial charge in [0.25, 0.3) is 10.1 Å². The third kappa shape index (κ3) is 32.3. The predicted molar refractivity (Wildman–Crippen MR) is 247 cm³/mol. The van der Waals surface area contributed by atoms with Crippen LogP contribution < -0.4 is 0 Å². The maximum atomic E-state index is 12.8. The number of allylic oxidation sites excluding steroid dienone is 16. The third-order valence-electron chi connectivity index (χ3n) is 9.66. The Kier molecular flexibility index (Phi) is 34.7. The summed E-state index contributed by atoms with van der Waals surface area (Å²) in [5.74, 6) is -2.06. The van der Waals surface area contributed by atoms with Crippen molar-refractivity contribution >= 4 is 22.1 Å². The van der Waals surface area contributed by atoms with Crippen LogP contribution in [0.15, 0.2) is 97.2 Å². The van der Waals surface area contributed by atoms with E-state index in [0.717, 1.165) is 103 Å². The average Bonchev–Trinajstić information content (AvgIpc) is 3.24. The average molecular weight is 891 g/mol. The highest BCUT2D eigenvalue weighted by Crippen LogP contribution is 2.24. The van der Waals surface area contributed by atoms with Gasteiger partial charge in [-0.1, -0.05) is 137 Å². The fourth-order valence-electron chi connectivity index (χ4n) is 6.19. The molecule has 0 aromatic rings. The fourth-order valence-corrected chi connectivity index (χ4v) is 6.88. The monoisotopic (exact) mass is 891 g/mol. The summed E-state index contributed by atoms with van der Waals surface area (Å²) in [6.07, 6.45) is 41.6. The molecule has 6 atom stereocenters. The molecule has 0 aromatic heterocycles. The van der Waals surface area contributed by atoms with E-state index in [1.54, 1.807) is 0 Å². The van der Waals surface area contributed by atoms with Crippen molar-refractivity contribution in [1.82, 2.24) is 0 Å². The SMILES string of the molecule is CC/C=C\C/C=C\C/C=C\C/C=C\CCCCCCC(=O)OCC(COC1OC(CS(=O)(=O)O)C(O)C(O)C1O)OC(=O)CCCCCC/C=C\C/C=C\C/C=C\C/C=C\CC. The topological polar surface area (TPSA) is 186 Å². The van der Waals surface area contributed by atoms with Crippen molar-refractivity contribution in [3.05, 3.63) is 97.2 Å². The summed E-state index contributed by atoms with van der Waals surface area (Å²) in [5.41, 5.74) is 0. The van der Waals surface area contributed by atoms with Gasteiger partial charge in [0.05, 0.1) is 6.61 Å². The second-order valence-corrected chi connectivity index (χ2v) is 16.8. The number of hydrogen-bond donors (Lipinski definition) is 4. The van der Waals surface area contributed by atoms with Crippen LogP contribution in [0.4, 0.5) is 0 Å². The van der Waals surface area contributed by atoms with Crippen LogP contribution in [-0.2, 0) is 38.7 Å². The highest BCUT2D eigenvalue weighted by atomic mass is 32.2. The molecule has 62 heavy (non-hydrogen) atoms. The van der Waals surface area contributed by atoms with E-state index in [4.69, 9.17) is 18.9 Å². The lowest BCUT2D eigenvalue weighted by Crippen LogP contribution is -2.60. The summed E-state index contributed by atoms with van der Waals surface area (Å²) in [5, 5.41) is 30.9. The maximum absolute atomic E-state index is 12.8. The van der Waals surface area contributed by atoms with E-state index in [9.17, 15) is 37.9 Å². The van der Waals surface area contributed by atoms with Gasteiger partial charge in [0.1, 0.15) is 36.8 Å². The van der Waals surface area contributed by atoms with Crippen molar-refractivity contribution in [2.75, 3.05) is 19.0 Å². The van der Waals surface area contributed by atoms with Crippen LogP contribution in [0.1, 0.15) is 142 Å². The van der Waals surface area contributed by atoms with Gasteiger partial charge < -0.3 is 34.3 Å². The molecule has 6 unspecified atom stereocenters. The molecule has 12 nitrogen and oxygen atoms in total. The van der Waals surface area contributed by atoms with Gasteiger partial charge in [0.2, 0.25) is 0 Å². The Hall–Kier alpha value is -3.43. The molecule has 1 aliphatic heterocycles. The lowest BCUT2D eigenvalue weighted by Gasteiger charge is -2.40. The molecule has 0 saturated carbocycles. The molecule has 0 spiro atoms. The Morgan fingerprint density at radius 3 is 1.42 bits per heavy atom. The van der Waals surface area contributed by atoms with Crippen molar-refractivity contribution < 1.29 is 56.8 Å². The number of aliphatic hydroxyl groups is 3. The zero-order valence-corrected chi connectivity index (χ0v) is 38.2. The van der Waals surface area contributed by atoms with Crippen LogP contribution in [0.2, 0.25) is 0 Å². The molecule has 352 valence electrons. The Balaban J connectivity index is 2.49. The van der Waals surface area contributed by atoms with Crippen molar-refractivity contribution in [3.8, 4) is 0 Å². The fraction of sp³-hybridized carbons (Fsp3) is 0.633. The molecule has 0 amide bonds. The van der Waals surface area contributed by atoms with Crippen molar-refractivity contribution in [2.45, 2.75) is 179 Å². The van der Waals surface area contributed by atoms with E-state index >= 15 is 0 Å². The van der Waals surface area contributed by atoms with Gasteiger partial charge in [-0.05, 0) is 89.9 Å². The minimum absolute atomic E-state index is 0.124. The van der Waals surface area contributed by atoms with E-state index in [-0.39, 0.29) is 19.4 Å². The van der Waals surface area contributed by atoms with E-state index in [1.807, 2.05) is 0 Å². The highest BCUT2D eigenvalue weighted by molar-refractivity contribution is 7.85. The highest BCUT2D eigenvalue weighted by Gasteiger charge is 2.46. The third-order valence-corrected chi connectivity index (χ3v) is 10.4. The number of unbranched alkanes of at least 4 members (excludes halogenated alkanes) is 8. The lowest BCUT2D eigenvalue weighted by atomic mass is 10.00. The molecule has 1 fully saturated rings. The summed E-state index contributed by atoms with van der Waals surface area (Å²) in [6, 6.07) is 0. The molecule has 1 saturated heterocycles. The van der Waals surface area contributed by atoms with Crippen LogP contribution in [-0.4, -0.2) is 96.0 Å². The first-order valence-corrected chi connectivity index (χ1v) is 24.4. The number of hydrogen-bond acceptors (Lipinski definition) is 11.